The summed E-state index contributed by atoms with van der Waals surface area (Å²) < 4.78 is 0.242. The number of amidine groups is 1. The van der Waals surface area contributed by atoms with Crippen LogP contribution in [0.25, 0.3) is 0 Å². The van der Waals surface area contributed by atoms with Crippen molar-refractivity contribution in [2.75, 3.05) is 19.6 Å². The maximum absolute atomic E-state index is 11.1. The highest BCUT2D eigenvalue weighted by atomic mass is 16.4. The zero-order valence-electron chi connectivity index (χ0n) is 17.7. The molecule has 0 aromatic rings. The molecule has 0 fully saturated rings. The lowest BCUT2D eigenvalue weighted by atomic mass is 10.0. The van der Waals surface area contributed by atoms with Gasteiger partial charge in [0.2, 0.25) is 5.84 Å². The Bertz CT molecular complexity index is 502. The van der Waals surface area contributed by atoms with E-state index < -0.39 is 5.97 Å². The summed E-state index contributed by atoms with van der Waals surface area (Å²) in [6, 6.07) is 0. The first-order valence-electron chi connectivity index (χ1n) is 11.3. The molecule has 0 aliphatic carbocycles. The Labute approximate surface area is 172 Å². The Morgan fingerprint density at radius 1 is 1.00 bits per heavy atom. The number of quaternary nitrogens is 1. The lowest BCUT2D eigenvalue weighted by molar-refractivity contribution is -0.780. The van der Waals surface area contributed by atoms with E-state index in [0.29, 0.717) is 13.1 Å². The van der Waals surface area contributed by atoms with Crippen molar-refractivity contribution < 1.29 is 14.4 Å². The number of carbonyl (C=O) groups excluding carboxylic acids is 1. The number of nitrogens with two attached hydrogens (primary N) is 1. The molecule has 0 radical (unpaired) electrons. The van der Waals surface area contributed by atoms with Crippen LogP contribution in [0.5, 0.6) is 0 Å². The van der Waals surface area contributed by atoms with Gasteiger partial charge in [-0.15, -0.1) is 6.58 Å². The number of hydrogen-bond donors (Lipinski definition) is 1. The van der Waals surface area contributed by atoms with Crippen LogP contribution in [0.4, 0.5) is 0 Å². The minimum Gasteiger partial charge on any atom is -0.544 e. The molecular weight excluding hydrogens is 350 g/mol. The number of nitrogens with zero attached hydrogens (tertiary/aromatic N) is 2. The van der Waals surface area contributed by atoms with E-state index in [9.17, 15) is 9.90 Å². The number of carboxylic acids is 1. The van der Waals surface area contributed by atoms with Crippen LogP contribution in [0.3, 0.4) is 0 Å². The van der Waals surface area contributed by atoms with Gasteiger partial charge in [-0.3, -0.25) is 0 Å². The van der Waals surface area contributed by atoms with Gasteiger partial charge in [-0.25, -0.2) is 9.48 Å². The standard InChI is InChI=1S/C23H41N3O2/c1-2-3-4-5-6-7-8-9-10-11-12-13-14-15-16-22-25-18-20-26(22,19-17-24)21-23(27)28/h2,18,20H,1,3-17,19,21,24H2. The molecule has 28 heavy (non-hydrogen) atoms. The van der Waals surface area contributed by atoms with Crippen molar-refractivity contribution in [3.63, 3.8) is 0 Å². The van der Waals surface area contributed by atoms with Crippen LogP contribution >= 0.6 is 0 Å². The minimum absolute atomic E-state index is 0.0687. The zero-order chi connectivity index (χ0) is 20.5. The quantitative estimate of drug-likeness (QED) is 0.205. The monoisotopic (exact) mass is 391 g/mol. The first-order chi connectivity index (χ1) is 13.6. The van der Waals surface area contributed by atoms with Gasteiger partial charge in [0.05, 0.1) is 12.2 Å². The fourth-order valence-corrected chi connectivity index (χ4v) is 3.96. The van der Waals surface area contributed by atoms with Gasteiger partial charge in [-0.2, -0.15) is 0 Å². The van der Waals surface area contributed by atoms with Gasteiger partial charge in [0.25, 0.3) is 0 Å². The number of allylic oxidation sites excluding steroid dienone is 1. The summed E-state index contributed by atoms with van der Waals surface area (Å²) in [6.07, 6.45) is 23.2. The second kappa shape index (κ2) is 15.5. The number of hydrogen-bond acceptors (Lipinski definition) is 4. The van der Waals surface area contributed by atoms with Crippen molar-refractivity contribution in [1.29, 1.82) is 0 Å². The van der Waals surface area contributed by atoms with Gasteiger partial charge in [-0.1, -0.05) is 70.3 Å². The highest BCUT2D eigenvalue weighted by molar-refractivity contribution is 5.80. The number of aliphatic imine (C=N–C) groups is 1. The first-order valence-corrected chi connectivity index (χ1v) is 11.3. The number of carbonyl (C=O) groups is 1. The number of aliphatic carboxylic acids is 1. The van der Waals surface area contributed by atoms with Crippen LogP contribution in [0.1, 0.15) is 89.9 Å². The first kappa shape index (κ1) is 24.6. The van der Waals surface area contributed by atoms with Crippen LogP contribution in [0.15, 0.2) is 30.0 Å². The third-order valence-electron chi connectivity index (χ3n) is 5.59. The molecule has 0 amide bonds. The average Bonchev–Trinajstić information content (AvgIpc) is 3.03. The summed E-state index contributed by atoms with van der Waals surface area (Å²) in [7, 11) is 0. The van der Waals surface area contributed by atoms with Gasteiger partial charge in [0, 0.05) is 13.0 Å². The lowest BCUT2D eigenvalue weighted by Crippen LogP contribution is -2.55. The predicted octanol–water partition coefficient (Wildman–Crippen LogP) is 4.04. The molecule has 0 aromatic heterocycles. The van der Waals surface area contributed by atoms with Gasteiger partial charge in [0.1, 0.15) is 19.3 Å². The summed E-state index contributed by atoms with van der Waals surface area (Å²) in [4.78, 5) is 15.5. The fourth-order valence-electron chi connectivity index (χ4n) is 3.96. The van der Waals surface area contributed by atoms with Crippen molar-refractivity contribution in [3.8, 4) is 0 Å². The Kier molecular flexibility index (Phi) is 13.6. The molecule has 160 valence electrons. The molecule has 1 atom stereocenters. The van der Waals surface area contributed by atoms with Crippen molar-refractivity contribution in [3.05, 3.63) is 25.1 Å². The molecule has 1 unspecified atom stereocenters. The molecule has 1 aliphatic heterocycles. The normalized spacial score (nSPS) is 18.4. The van der Waals surface area contributed by atoms with E-state index >= 15 is 0 Å². The molecule has 1 rings (SSSR count). The lowest BCUT2D eigenvalue weighted by Gasteiger charge is -2.32. The number of unbranched alkanes of at least 4 members (excludes halogenated alkanes) is 12. The van der Waals surface area contributed by atoms with Crippen LogP contribution in [-0.4, -0.2) is 35.9 Å². The fraction of sp³-hybridized carbons (Fsp3) is 0.739. The average molecular weight is 392 g/mol. The summed E-state index contributed by atoms with van der Waals surface area (Å²) in [5.74, 6) is -0.132. The Hall–Kier alpha value is -1.46. The molecule has 2 N–H and O–H groups in total. The van der Waals surface area contributed by atoms with E-state index in [-0.39, 0.29) is 11.0 Å². The third kappa shape index (κ3) is 10.2. The second-order valence-electron chi connectivity index (χ2n) is 7.99. The van der Waals surface area contributed by atoms with Gasteiger partial charge in [0.15, 0.2) is 0 Å². The van der Waals surface area contributed by atoms with Gasteiger partial charge < -0.3 is 15.6 Å². The van der Waals surface area contributed by atoms with E-state index in [2.05, 4.69) is 11.6 Å². The molecule has 0 bridgehead atoms. The van der Waals surface area contributed by atoms with Crippen molar-refractivity contribution in [2.45, 2.75) is 89.9 Å². The topological polar surface area (TPSA) is 78.5 Å². The van der Waals surface area contributed by atoms with Gasteiger partial charge >= 0.3 is 0 Å². The highest BCUT2D eigenvalue weighted by Gasteiger charge is 2.34. The summed E-state index contributed by atoms with van der Waals surface area (Å²) >= 11 is 0. The zero-order valence-corrected chi connectivity index (χ0v) is 17.7. The SMILES string of the molecule is C=CCCCCCCCCCCCCCCC1=NC=C[N+]1(CCN)CC(=O)[O-]. The highest BCUT2D eigenvalue weighted by Crippen LogP contribution is 2.21. The van der Waals surface area contributed by atoms with E-state index in [4.69, 9.17) is 5.73 Å². The molecule has 0 saturated carbocycles. The van der Waals surface area contributed by atoms with Gasteiger partial charge in [-0.05, 0) is 19.3 Å². The predicted molar refractivity (Wildman–Crippen MR) is 115 cm³/mol. The Morgan fingerprint density at radius 2 is 1.54 bits per heavy atom. The van der Waals surface area contributed by atoms with Crippen LogP contribution in [0, 0.1) is 0 Å². The third-order valence-corrected chi connectivity index (χ3v) is 5.59. The van der Waals surface area contributed by atoms with E-state index in [0.717, 1.165) is 25.1 Å². The molecule has 5 nitrogen and oxygen atoms in total. The molecule has 0 spiro atoms. The van der Waals surface area contributed by atoms with Crippen molar-refractivity contribution >= 4 is 11.8 Å². The summed E-state index contributed by atoms with van der Waals surface area (Å²) in [5, 5.41) is 11.1. The molecule has 1 aliphatic rings. The molecule has 1 heterocycles. The molecule has 0 saturated heterocycles. The second-order valence-corrected chi connectivity index (χ2v) is 7.99. The van der Waals surface area contributed by atoms with E-state index in [1.165, 1.54) is 70.6 Å². The van der Waals surface area contributed by atoms with E-state index in [1.54, 1.807) is 6.20 Å². The minimum atomic E-state index is -1.05. The number of rotatable bonds is 19. The van der Waals surface area contributed by atoms with Crippen LogP contribution < -0.4 is 10.8 Å². The Morgan fingerprint density at radius 3 is 2.04 bits per heavy atom. The smallest absolute Gasteiger partial charge is 0.207 e. The number of carboxylic acid groups (broad SMARTS) is 1. The maximum Gasteiger partial charge on any atom is 0.207 e. The summed E-state index contributed by atoms with van der Waals surface area (Å²) in [5.41, 5.74) is 5.69. The molecule has 5 heteroatoms. The largest absolute Gasteiger partial charge is 0.544 e. The van der Waals surface area contributed by atoms with Crippen LogP contribution in [-0.2, 0) is 4.79 Å². The summed E-state index contributed by atoms with van der Waals surface area (Å²) in [6.45, 7) is 4.70. The molecular formula is C23H41N3O2. The molecule has 0 aromatic carbocycles. The van der Waals surface area contributed by atoms with Crippen molar-refractivity contribution in [2.24, 2.45) is 10.7 Å². The Balaban J connectivity index is 2.02. The van der Waals surface area contributed by atoms with Crippen molar-refractivity contribution in [1.82, 2.24) is 0 Å². The van der Waals surface area contributed by atoms with E-state index in [1.807, 2.05) is 12.3 Å². The van der Waals surface area contributed by atoms with Crippen LogP contribution in [0.2, 0.25) is 0 Å². The maximum atomic E-state index is 11.1.